The molecule has 5 heteroatoms. The van der Waals surface area contributed by atoms with E-state index in [4.69, 9.17) is 4.42 Å². The predicted octanol–water partition coefficient (Wildman–Crippen LogP) is 3.12. The highest BCUT2D eigenvalue weighted by atomic mass is 16.3. The van der Waals surface area contributed by atoms with Crippen LogP contribution in [0.15, 0.2) is 35.0 Å². The van der Waals surface area contributed by atoms with Gasteiger partial charge in [-0.25, -0.2) is 9.97 Å². The molecule has 1 unspecified atom stereocenters. The lowest BCUT2D eigenvalue weighted by molar-refractivity contribution is 0.262. The molecule has 0 bridgehead atoms. The number of fused-ring (bicyclic) bond motifs is 3. The zero-order valence-corrected chi connectivity index (χ0v) is 12.4. The van der Waals surface area contributed by atoms with Crippen molar-refractivity contribution < 1.29 is 9.52 Å². The van der Waals surface area contributed by atoms with Gasteiger partial charge in [-0.1, -0.05) is 12.1 Å². The molecule has 0 saturated carbocycles. The Morgan fingerprint density at radius 1 is 1.23 bits per heavy atom. The molecular weight excluding hydrogens is 278 g/mol. The van der Waals surface area contributed by atoms with Gasteiger partial charge in [0.15, 0.2) is 11.4 Å². The quantitative estimate of drug-likeness (QED) is 0.804. The van der Waals surface area contributed by atoms with Crippen LogP contribution in [0.4, 0.5) is 5.82 Å². The largest absolute Gasteiger partial charge is 0.450 e. The van der Waals surface area contributed by atoms with E-state index in [1.165, 1.54) is 6.42 Å². The lowest BCUT2D eigenvalue weighted by Gasteiger charge is -2.36. The second-order valence-corrected chi connectivity index (χ2v) is 5.83. The number of piperidine rings is 1. The third-order valence-electron chi connectivity index (χ3n) is 4.50. The minimum Gasteiger partial charge on any atom is -0.450 e. The molecule has 2 aromatic heterocycles. The molecular formula is C17H19N3O2. The minimum atomic E-state index is 0.204. The summed E-state index contributed by atoms with van der Waals surface area (Å²) in [6, 6.07) is 8.27. The molecule has 1 N–H and O–H groups in total. The number of aromatic nitrogens is 2. The Hall–Kier alpha value is -2.14. The van der Waals surface area contributed by atoms with Crippen LogP contribution in [0.5, 0.6) is 0 Å². The van der Waals surface area contributed by atoms with Crippen LogP contribution >= 0.6 is 0 Å². The van der Waals surface area contributed by atoms with E-state index in [9.17, 15) is 5.11 Å². The summed E-state index contributed by atoms with van der Waals surface area (Å²) in [5.41, 5.74) is 2.47. The Morgan fingerprint density at radius 2 is 2.14 bits per heavy atom. The number of anilines is 1. The highest BCUT2D eigenvalue weighted by Gasteiger charge is 2.26. The highest BCUT2D eigenvalue weighted by molar-refractivity contribution is 6.05. The van der Waals surface area contributed by atoms with Gasteiger partial charge in [0, 0.05) is 24.6 Å². The van der Waals surface area contributed by atoms with Gasteiger partial charge in [0.2, 0.25) is 0 Å². The summed E-state index contributed by atoms with van der Waals surface area (Å²) in [6.07, 6.45) is 5.82. The molecule has 22 heavy (non-hydrogen) atoms. The predicted molar refractivity (Wildman–Crippen MR) is 86.0 cm³/mol. The number of furan rings is 1. The molecule has 1 fully saturated rings. The third kappa shape index (κ3) is 2.13. The van der Waals surface area contributed by atoms with Gasteiger partial charge in [-0.15, -0.1) is 0 Å². The monoisotopic (exact) mass is 297 g/mol. The van der Waals surface area contributed by atoms with Crippen molar-refractivity contribution in [1.82, 2.24) is 9.97 Å². The molecule has 0 amide bonds. The van der Waals surface area contributed by atoms with Crippen LogP contribution in [0.2, 0.25) is 0 Å². The maximum atomic E-state index is 9.33. The second kappa shape index (κ2) is 5.57. The lowest BCUT2D eigenvalue weighted by Crippen LogP contribution is -2.40. The van der Waals surface area contributed by atoms with Crippen molar-refractivity contribution in [2.75, 3.05) is 18.1 Å². The number of aliphatic hydroxyl groups is 1. The Labute approximate surface area is 128 Å². The van der Waals surface area contributed by atoms with E-state index in [0.717, 1.165) is 53.7 Å². The van der Waals surface area contributed by atoms with Gasteiger partial charge in [0.05, 0.1) is 0 Å². The normalized spacial score (nSPS) is 19.1. The fourth-order valence-electron chi connectivity index (χ4n) is 3.44. The van der Waals surface area contributed by atoms with Crippen molar-refractivity contribution in [2.45, 2.75) is 31.7 Å². The Bertz CT molecular complexity index is 797. The van der Waals surface area contributed by atoms with Crippen molar-refractivity contribution in [1.29, 1.82) is 0 Å². The van der Waals surface area contributed by atoms with Crippen molar-refractivity contribution in [3.8, 4) is 0 Å². The van der Waals surface area contributed by atoms with E-state index >= 15 is 0 Å². The third-order valence-corrected chi connectivity index (χ3v) is 4.50. The summed E-state index contributed by atoms with van der Waals surface area (Å²) in [4.78, 5) is 11.2. The first-order valence-electron chi connectivity index (χ1n) is 7.88. The van der Waals surface area contributed by atoms with E-state index in [0.29, 0.717) is 6.04 Å². The average molecular weight is 297 g/mol. The van der Waals surface area contributed by atoms with Crippen LogP contribution in [-0.4, -0.2) is 34.3 Å². The van der Waals surface area contributed by atoms with Crippen molar-refractivity contribution >= 4 is 27.9 Å². The smallest absolute Gasteiger partial charge is 0.196 e. The first-order valence-corrected chi connectivity index (χ1v) is 7.88. The SMILES string of the molecule is OCCC1CCCCN1c1ncnc2c1oc1ccccc12. The molecule has 114 valence electrons. The molecule has 0 spiro atoms. The zero-order chi connectivity index (χ0) is 14.9. The maximum absolute atomic E-state index is 9.33. The molecule has 0 radical (unpaired) electrons. The van der Waals surface area contributed by atoms with Crippen molar-refractivity contribution in [2.24, 2.45) is 0 Å². The topological polar surface area (TPSA) is 62.4 Å². The summed E-state index contributed by atoms with van der Waals surface area (Å²) in [5.74, 6) is 0.861. The van der Waals surface area contributed by atoms with Crippen LogP contribution in [0.1, 0.15) is 25.7 Å². The first kappa shape index (κ1) is 13.5. The molecule has 3 aromatic rings. The fourth-order valence-corrected chi connectivity index (χ4v) is 3.44. The van der Waals surface area contributed by atoms with E-state index in [-0.39, 0.29) is 6.61 Å². The Balaban J connectivity index is 1.86. The van der Waals surface area contributed by atoms with Gasteiger partial charge >= 0.3 is 0 Å². The Kier molecular flexibility index (Phi) is 3.42. The summed E-state index contributed by atoms with van der Waals surface area (Å²) in [6.45, 7) is 1.16. The second-order valence-electron chi connectivity index (χ2n) is 5.83. The number of rotatable bonds is 3. The summed E-state index contributed by atoms with van der Waals surface area (Å²) in [5, 5.41) is 10.4. The number of aliphatic hydroxyl groups excluding tert-OH is 1. The highest BCUT2D eigenvalue weighted by Crippen LogP contribution is 2.35. The van der Waals surface area contributed by atoms with E-state index in [1.807, 2.05) is 24.3 Å². The van der Waals surface area contributed by atoms with Gasteiger partial charge in [0.1, 0.15) is 17.4 Å². The van der Waals surface area contributed by atoms with E-state index < -0.39 is 0 Å². The van der Waals surface area contributed by atoms with Crippen LogP contribution < -0.4 is 4.90 Å². The first-order chi connectivity index (χ1) is 10.9. The summed E-state index contributed by atoms with van der Waals surface area (Å²) >= 11 is 0. The lowest BCUT2D eigenvalue weighted by atomic mass is 9.99. The van der Waals surface area contributed by atoms with Gasteiger partial charge in [0.25, 0.3) is 0 Å². The standard InChI is InChI=1S/C17H19N3O2/c21-10-8-12-5-3-4-9-20(12)17-16-15(18-11-19-17)13-6-1-2-7-14(13)22-16/h1-2,6-7,11-12,21H,3-5,8-10H2. The van der Waals surface area contributed by atoms with E-state index in [2.05, 4.69) is 14.9 Å². The average Bonchev–Trinajstić information content (AvgIpc) is 2.94. The molecule has 1 aliphatic rings. The Morgan fingerprint density at radius 3 is 3.05 bits per heavy atom. The molecule has 1 atom stereocenters. The molecule has 1 aliphatic heterocycles. The number of nitrogens with zero attached hydrogens (tertiary/aromatic N) is 3. The summed E-state index contributed by atoms with van der Waals surface area (Å²) < 4.78 is 6.03. The van der Waals surface area contributed by atoms with E-state index in [1.54, 1.807) is 6.33 Å². The van der Waals surface area contributed by atoms with Gasteiger partial charge < -0.3 is 14.4 Å². The number of benzene rings is 1. The zero-order valence-electron chi connectivity index (χ0n) is 12.4. The fraction of sp³-hybridized carbons (Fsp3) is 0.412. The van der Waals surface area contributed by atoms with Gasteiger partial charge in [-0.05, 0) is 37.8 Å². The number of hydrogen-bond acceptors (Lipinski definition) is 5. The molecule has 1 saturated heterocycles. The maximum Gasteiger partial charge on any atom is 0.196 e. The van der Waals surface area contributed by atoms with Crippen LogP contribution in [0, 0.1) is 0 Å². The number of hydrogen-bond donors (Lipinski definition) is 1. The summed E-state index contributed by atoms with van der Waals surface area (Å²) in [7, 11) is 0. The van der Waals surface area contributed by atoms with Crippen molar-refractivity contribution in [3.05, 3.63) is 30.6 Å². The van der Waals surface area contributed by atoms with Gasteiger partial charge in [-0.3, -0.25) is 0 Å². The molecule has 1 aromatic carbocycles. The van der Waals surface area contributed by atoms with Gasteiger partial charge in [-0.2, -0.15) is 0 Å². The number of para-hydroxylation sites is 1. The molecule has 4 rings (SSSR count). The van der Waals surface area contributed by atoms with Crippen LogP contribution in [0.25, 0.3) is 22.1 Å². The van der Waals surface area contributed by atoms with Crippen LogP contribution in [0.3, 0.4) is 0 Å². The molecule has 5 nitrogen and oxygen atoms in total. The van der Waals surface area contributed by atoms with Crippen molar-refractivity contribution in [3.63, 3.8) is 0 Å². The minimum absolute atomic E-state index is 0.204. The molecule has 3 heterocycles. The van der Waals surface area contributed by atoms with Crippen LogP contribution in [-0.2, 0) is 0 Å². The molecule has 0 aliphatic carbocycles.